The Morgan fingerprint density at radius 1 is 1.16 bits per heavy atom. The summed E-state index contributed by atoms with van der Waals surface area (Å²) >= 11 is 0. The topological polar surface area (TPSA) is 88.4 Å². The molecule has 0 bridgehead atoms. The predicted octanol–water partition coefficient (Wildman–Crippen LogP) is 3.60. The fourth-order valence-electron chi connectivity index (χ4n) is 3.20. The van der Waals surface area contributed by atoms with Gasteiger partial charge in [0.2, 0.25) is 0 Å². The van der Waals surface area contributed by atoms with Gasteiger partial charge in [0.1, 0.15) is 5.82 Å². The Morgan fingerprint density at radius 2 is 1.91 bits per heavy atom. The molecular weight excluding hydrogens is 544 g/mol. The van der Waals surface area contributed by atoms with Crippen molar-refractivity contribution >= 4 is 39.8 Å². The van der Waals surface area contributed by atoms with Gasteiger partial charge in [0, 0.05) is 31.7 Å². The molecule has 0 fully saturated rings. The maximum Gasteiger partial charge on any atom is 0.191 e. The first kappa shape index (κ1) is 25.8. The van der Waals surface area contributed by atoms with Gasteiger partial charge in [-0.2, -0.15) is 0 Å². The summed E-state index contributed by atoms with van der Waals surface area (Å²) in [5, 5.41) is 6.35. The zero-order valence-electron chi connectivity index (χ0n) is 18.2. The summed E-state index contributed by atoms with van der Waals surface area (Å²) < 4.78 is 39.6. The summed E-state index contributed by atoms with van der Waals surface area (Å²) in [6.45, 7) is 5.19. The molecule has 2 aromatic carbocycles. The third-order valence-corrected chi connectivity index (χ3v) is 5.91. The number of rotatable bonds is 7. The standard InChI is InChI=1S/C22H26FN5O2S.HI/c1-4-25-22(26-13-17-6-8-21(16(2)11-17)31(3,29)30)27-14-18-5-7-20(19(23)12-18)28-10-9-24-15-28;/h5-12,15H,4,13-14H2,1-3H3,(H2,25,26,27);1H. The highest BCUT2D eigenvalue weighted by molar-refractivity contribution is 14.0. The molecular formula is C22H27FIN5O2S. The Balaban J connectivity index is 0.00000363. The molecule has 3 aromatic rings. The van der Waals surface area contributed by atoms with E-state index in [0.717, 1.165) is 11.1 Å². The summed E-state index contributed by atoms with van der Waals surface area (Å²) in [5.74, 6) is 0.257. The van der Waals surface area contributed by atoms with Gasteiger partial charge in [0.05, 0.1) is 23.5 Å². The first-order valence-electron chi connectivity index (χ1n) is 9.86. The van der Waals surface area contributed by atoms with Crippen LogP contribution in [0.4, 0.5) is 4.39 Å². The SMILES string of the molecule is CCNC(=NCc1ccc(S(C)(=O)=O)c(C)c1)NCc1ccc(-n2ccnc2)c(F)c1.I. The summed E-state index contributed by atoms with van der Waals surface area (Å²) in [4.78, 5) is 8.82. The molecule has 0 saturated heterocycles. The summed E-state index contributed by atoms with van der Waals surface area (Å²) in [6, 6.07) is 10.3. The van der Waals surface area contributed by atoms with Crippen LogP contribution in [-0.4, -0.2) is 36.7 Å². The van der Waals surface area contributed by atoms with Gasteiger partial charge in [-0.15, -0.1) is 24.0 Å². The number of aromatic nitrogens is 2. The fraction of sp³-hybridized carbons (Fsp3) is 0.273. The quantitative estimate of drug-likeness (QED) is 0.257. The zero-order valence-corrected chi connectivity index (χ0v) is 21.3. The molecule has 0 amide bonds. The van der Waals surface area contributed by atoms with Crippen LogP contribution in [0.3, 0.4) is 0 Å². The second kappa shape index (κ2) is 11.4. The van der Waals surface area contributed by atoms with Gasteiger partial charge in [-0.1, -0.05) is 18.2 Å². The second-order valence-corrected chi connectivity index (χ2v) is 9.16. The number of aryl methyl sites for hydroxylation is 1. The molecule has 0 radical (unpaired) electrons. The van der Waals surface area contributed by atoms with Crippen molar-refractivity contribution in [3.63, 3.8) is 0 Å². The molecule has 0 aliphatic heterocycles. The van der Waals surface area contributed by atoms with Crippen LogP contribution in [0.25, 0.3) is 5.69 Å². The Labute approximate surface area is 205 Å². The highest BCUT2D eigenvalue weighted by atomic mass is 127. The first-order chi connectivity index (χ1) is 14.8. The van der Waals surface area contributed by atoms with Crippen LogP contribution >= 0.6 is 24.0 Å². The third-order valence-electron chi connectivity index (χ3n) is 4.66. The van der Waals surface area contributed by atoms with Crippen LogP contribution in [0.15, 0.2) is 65.0 Å². The Morgan fingerprint density at radius 3 is 2.50 bits per heavy atom. The molecule has 1 aromatic heterocycles. The van der Waals surface area contributed by atoms with Crippen molar-refractivity contribution in [2.24, 2.45) is 4.99 Å². The van der Waals surface area contributed by atoms with Crippen LogP contribution in [0.2, 0.25) is 0 Å². The number of imidazole rings is 1. The normalized spacial score (nSPS) is 11.7. The molecule has 0 aliphatic carbocycles. The predicted molar refractivity (Wildman–Crippen MR) is 135 cm³/mol. The molecule has 32 heavy (non-hydrogen) atoms. The van der Waals surface area contributed by atoms with E-state index in [2.05, 4.69) is 20.6 Å². The Hall–Kier alpha value is -2.47. The molecule has 7 nitrogen and oxygen atoms in total. The van der Waals surface area contributed by atoms with E-state index in [1.165, 1.54) is 12.3 Å². The van der Waals surface area contributed by atoms with Gasteiger partial charge in [-0.3, -0.25) is 0 Å². The highest BCUT2D eigenvalue weighted by Crippen LogP contribution is 2.17. The minimum Gasteiger partial charge on any atom is -0.357 e. The second-order valence-electron chi connectivity index (χ2n) is 7.18. The van der Waals surface area contributed by atoms with E-state index in [1.807, 2.05) is 19.1 Å². The number of aliphatic imine (C=N–C) groups is 1. The number of guanidine groups is 1. The number of halogens is 2. The summed E-state index contributed by atoms with van der Waals surface area (Å²) in [7, 11) is -3.25. The molecule has 0 saturated carbocycles. The van der Waals surface area contributed by atoms with E-state index in [1.54, 1.807) is 48.4 Å². The summed E-state index contributed by atoms with van der Waals surface area (Å²) in [6.07, 6.45) is 6.04. The monoisotopic (exact) mass is 571 g/mol. The van der Waals surface area contributed by atoms with Crippen LogP contribution < -0.4 is 10.6 Å². The van der Waals surface area contributed by atoms with Crippen molar-refractivity contribution < 1.29 is 12.8 Å². The fourth-order valence-corrected chi connectivity index (χ4v) is 4.15. The molecule has 0 unspecified atom stereocenters. The van der Waals surface area contributed by atoms with E-state index in [0.29, 0.717) is 41.7 Å². The van der Waals surface area contributed by atoms with Gasteiger partial charge >= 0.3 is 0 Å². The molecule has 172 valence electrons. The molecule has 0 atom stereocenters. The van der Waals surface area contributed by atoms with Crippen molar-refractivity contribution in [2.75, 3.05) is 12.8 Å². The van der Waals surface area contributed by atoms with E-state index in [4.69, 9.17) is 0 Å². The molecule has 0 spiro atoms. The van der Waals surface area contributed by atoms with E-state index in [-0.39, 0.29) is 29.8 Å². The Kier molecular flexibility index (Phi) is 9.20. The van der Waals surface area contributed by atoms with Gasteiger partial charge in [0.15, 0.2) is 15.8 Å². The van der Waals surface area contributed by atoms with Crippen LogP contribution in [-0.2, 0) is 22.9 Å². The summed E-state index contributed by atoms with van der Waals surface area (Å²) in [5.41, 5.74) is 2.81. The van der Waals surface area contributed by atoms with E-state index in [9.17, 15) is 12.8 Å². The minimum absolute atomic E-state index is 0. The minimum atomic E-state index is -3.25. The van der Waals surface area contributed by atoms with E-state index < -0.39 is 9.84 Å². The van der Waals surface area contributed by atoms with Crippen LogP contribution in [0.5, 0.6) is 0 Å². The zero-order chi connectivity index (χ0) is 22.4. The van der Waals surface area contributed by atoms with Crippen molar-refractivity contribution in [2.45, 2.75) is 31.8 Å². The van der Waals surface area contributed by atoms with Crippen LogP contribution in [0, 0.1) is 12.7 Å². The van der Waals surface area contributed by atoms with Gasteiger partial charge in [-0.05, 0) is 48.7 Å². The van der Waals surface area contributed by atoms with Gasteiger partial charge in [0.25, 0.3) is 0 Å². The number of benzene rings is 2. The smallest absolute Gasteiger partial charge is 0.191 e. The van der Waals surface area contributed by atoms with Crippen molar-refractivity contribution in [1.29, 1.82) is 0 Å². The van der Waals surface area contributed by atoms with Gasteiger partial charge in [-0.25, -0.2) is 22.8 Å². The largest absolute Gasteiger partial charge is 0.357 e. The lowest BCUT2D eigenvalue weighted by Crippen LogP contribution is -2.36. The number of sulfone groups is 1. The van der Waals surface area contributed by atoms with Crippen molar-refractivity contribution in [1.82, 2.24) is 20.2 Å². The molecule has 3 rings (SSSR count). The number of hydrogen-bond acceptors (Lipinski definition) is 4. The molecule has 0 aliphatic rings. The number of nitrogens with one attached hydrogen (secondary N) is 2. The lowest BCUT2D eigenvalue weighted by molar-refractivity contribution is 0.601. The Bertz CT molecular complexity index is 1180. The average Bonchev–Trinajstić information content (AvgIpc) is 3.23. The molecule has 2 N–H and O–H groups in total. The molecule has 10 heteroatoms. The maximum absolute atomic E-state index is 14.4. The third kappa shape index (κ3) is 6.76. The lowest BCUT2D eigenvalue weighted by Gasteiger charge is -2.13. The molecule has 1 heterocycles. The van der Waals surface area contributed by atoms with Gasteiger partial charge < -0.3 is 15.2 Å². The first-order valence-corrected chi connectivity index (χ1v) is 11.8. The number of hydrogen-bond donors (Lipinski definition) is 2. The maximum atomic E-state index is 14.4. The lowest BCUT2D eigenvalue weighted by atomic mass is 10.1. The van der Waals surface area contributed by atoms with Crippen molar-refractivity contribution in [3.8, 4) is 5.69 Å². The number of nitrogens with zero attached hydrogens (tertiary/aromatic N) is 3. The average molecular weight is 571 g/mol. The van der Waals surface area contributed by atoms with E-state index >= 15 is 0 Å². The highest BCUT2D eigenvalue weighted by Gasteiger charge is 2.11. The van der Waals surface area contributed by atoms with Crippen LogP contribution in [0.1, 0.15) is 23.6 Å². The van der Waals surface area contributed by atoms with Crippen molar-refractivity contribution in [3.05, 3.63) is 77.6 Å².